The second-order valence-corrected chi connectivity index (χ2v) is 3.72. The van der Waals surface area contributed by atoms with Crippen LogP contribution in [0.25, 0.3) is 0 Å². The summed E-state index contributed by atoms with van der Waals surface area (Å²) >= 11 is 0. The molecule has 0 bridgehead atoms. The fourth-order valence-electron chi connectivity index (χ4n) is 1.58. The summed E-state index contributed by atoms with van der Waals surface area (Å²) in [5.74, 6) is 0. The molecule has 0 radical (unpaired) electrons. The highest BCUT2D eigenvalue weighted by atomic mass is 16.3. The van der Waals surface area contributed by atoms with Crippen molar-refractivity contribution in [2.75, 3.05) is 0 Å². The van der Waals surface area contributed by atoms with Gasteiger partial charge >= 0.3 is 0 Å². The fourth-order valence-corrected chi connectivity index (χ4v) is 1.58. The Kier molecular flexibility index (Phi) is 2.84. The molecule has 1 heteroatoms. The van der Waals surface area contributed by atoms with Gasteiger partial charge in [-0.1, -0.05) is 60.2 Å². The zero-order valence-electron chi connectivity index (χ0n) is 8.72. The van der Waals surface area contributed by atoms with E-state index in [4.69, 9.17) is 0 Å². The summed E-state index contributed by atoms with van der Waals surface area (Å²) < 4.78 is 0. The van der Waals surface area contributed by atoms with E-state index in [1.54, 1.807) is 0 Å². The van der Waals surface area contributed by atoms with Crippen LogP contribution in [0.4, 0.5) is 0 Å². The van der Waals surface area contributed by atoms with Gasteiger partial charge in [0.1, 0.15) is 6.10 Å². The van der Waals surface area contributed by atoms with E-state index in [2.05, 4.69) is 0 Å². The van der Waals surface area contributed by atoms with Gasteiger partial charge in [-0.3, -0.25) is 0 Å². The van der Waals surface area contributed by atoms with Crippen molar-refractivity contribution < 1.29 is 5.11 Å². The van der Waals surface area contributed by atoms with Gasteiger partial charge in [0.2, 0.25) is 0 Å². The van der Waals surface area contributed by atoms with Crippen molar-refractivity contribution in [1.29, 1.82) is 0 Å². The highest BCUT2D eigenvalue weighted by Gasteiger charge is 2.08. The molecule has 0 heterocycles. The predicted octanol–water partition coefficient (Wildman–Crippen LogP) is 3.08. The van der Waals surface area contributed by atoms with E-state index in [9.17, 15) is 5.11 Å². The standard InChI is InChI=1S/C14H14O/c1-11-7-9-13(10-8-11)14(15)12-5-3-2-4-6-12/h2-10,14-15H,1H3/t14-/m1/s1. The van der Waals surface area contributed by atoms with Crippen LogP contribution in [0, 0.1) is 6.92 Å². The van der Waals surface area contributed by atoms with Crippen LogP contribution in [0.2, 0.25) is 0 Å². The first-order valence-electron chi connectivity index (χ1n) is 5.07. The number of aryl methyl sites for hydroxylation is 1. The molecule has 1 atom stereocenters. The number of benzene rings is 2. The summed E-state index contributed by atoms with van der Waals surface area (Å²) in [5, 5.41) is 10.1. The molecule has 0 saturated heterocycles. The van der Waals surface area contributed by atoms with Crippen molar-refractivity contribution >= 4 is 0 Å². The molecule has 2 aromatic carbocycles. The molecule has 0 unspecified atom stereocenters. The van der Waals surface area contributed by atoms with Crippen LogP contribution in [-0.2, 0) is 0 Å². The molecule has 2 aromatic rings. The molecule has 0 aromatic heterocycles. The Morgan fingerprint density at radius 3 is 1.93 bits per heavy atom. The molecule has 0 aliphatic carbocycles. The molecule has 76 valence electrons. The van der Waals surface area contributed by atoms with Gasteiger partial charge in [-0.15, -0.1) is 0 Å². The molecule has 1 N–H and O–H groups in total. The van der Waals surface area contributed by atoms with Gasteiger partial charge in [-0.2, -0.15) is 0 Å². The average Bonchev–Trinajstić information content (AvgIpc) is 2.30. The number of rotatable bonds is 2. The third-order valence-corrected chi connectivity index (χ3v) is 2.51. The predicted molar refractivity (Wildman–Crippen MR) is 61.7 cm³/mol. The smallest absolute Gasteiger partial charge is 0.104 e. The SMILES string of the molecule is Cc1ccc([C@H](O)c2ccccc2)cc1. The van der Waals surface area contributed by atoms with Crippen molar-refractivity contribution in [3.8, 4) is 0 Å². The molecule has 0 spiro atoms. The first-order valence-corrected chi connectivity index (χ1v) is 5.07. The molecule has 15 heavy (non-hydrogen) atoms. The third-order valence-electron chi connectivity index (χ3n) is 2.51. The number of hydrogen-bond acceptors (Lipinski definition) is 1. The lowest BCUT2D eigenvalue weighted by Crippen LogP contribution is -1.98. The van der Waals surface area contributed by atoms with Gasteiger partial charge in [0.15, 0.2) is 0 Å². The summed E-state index contributed by atoms with van der Waals surface area (Å²) in [6.07, 6.45) is -0.521. The zero-order valence-corrected chi connectivity index (χ0v) is 8.72. The first kappa shape index (κ1) is 9.94. The highest BCUT2D eigenvalue weighted by Crippen LogP contribution is 2.21. The maximum absolute atomic E-state index is 10.1. The van der Waals surface area contributed by atoms with Gasteiger partial charge < -0.3 is 5.11 Å². The van der Waals surface area contributed by atoms with Crippen molar-refractivity contribution in [3.63, 3.8) is 0 Å². The summed E-state index contributed by atoms with van der Waals surface area (Å²) in [7, 11) is 0. The first-order chi connectivity index (χ1) is 7.27. The van der Waals surface area contributed by atoms with E-state index in [1.165, 1.54) is 5.56 Å². The van der Waals surface area contributed by atoms with Gasteiger partial charge in [0.25, 0.3) is 0 Å². The summed E-state index contributed by atoms with van der Waals surface area (Å²) in [6.45, 7) is 2.04. The molecule has 0 aliphatic heterocycles. The maximum atomic E-state index is 10.1. The minimum atomic E-state index is -0.521. The Bertz CT molecular complexity index is 417. The average molecular weight is 198 g/mol. The maximum Gasteiger partial charge on any atom is 0.104 e. The zero-order chi connectivity index (χ0) is 10.7. The van der Waals surface area contributed by atoms with E-state index < -0.39 is 6.10 Å². The Morgan fingerprint density at radius 2 is 1.33 bits per heavy atom. The monoisotopic (exact) mass is 198 g/mol. The van der Waals surface area contributed by atoms with E-state index in [1.807, 2.05) is 61.5 Å². The largest absolute Gasteiger partial charge is 0.384 e. The van der Waals surface area contributed by atoms with E-state index in [-0.39, 0.29) is 0 Å². The third kappa shape index (κ3) is 2.25. The van der Waals surface area contributed by atoms with Crippen LogP contribution in [0.3, 0.4) is 0 Å². The van der Waals surface area contributed by atoms with Crippen LogP contribution >= 0.6 is 0 Å². The number of aliphatic hydroxyl groups excluding tert-OH is 1. The van der Waals surface area contributed by atoms with Crippen molar-refractivity contribution in [3.05, 3.63) is 71.3 Å². The molecule has 0 saturated carbocycles. The molecule has 2 rings (SSSR count). The number of hydrogen-bond donors (Lipinski definition) is 1. The van der Waals surface area contributed by atoms with Crippen LogP contribution < -0.4 is 0 Å². The van der Waals surface area contributed by atoms with Gasteiger partial charge in [0, 0.05) is 0 Å². The van der Waals surface area contributed by atoms with Crippen LogP contribution in [0.5, 0.6) is 0 Å². The Morgan fingerprint density at radius 1 is 0.800 bits per heavy atom. The Balaban J connectivity index is 2.29. The van der Waals surface area contributed by atoms with Gasteiger partial charge in [-0.05, 0) is 18.1 Å². The quantitative estimate of drug-likeness (QED) is 0.786. The minimum Gasteiger partial charge on any atom is -0.384 e. The summed E-state index contributed by atoms with van der Waals surface area (Å²) in [4.78, 5) is 0. The molecular formula is C14H14O. The topological polar surface area (TPSA) is 20.2 Å². The summed E-state index contributed by atoms with van der Waals surface area (Å²) in [5.41, 5.74) is 3.08. The Labute approximate surface area is 90.0 Å². The highest BCUT2D eigenvalue weighted by molar-refractivity contribution is 5.31. The Hall–Kier alpha value is -1.60. The van der Waals surface area contributed by atoms with Gasteiger partial charge in [0.05, 0.1) is 0 Å². The van der Waals surface area contributed by atoms with Crippen LogP contribution in [-0.4, -0.2) is 5.11 Å². The number of aliphatic hydroxyl groups is 1. The minimum absolute atomic E-state index is 0.521. The van der Waals surface area contributed by atoms with Crippen molar-refractivity contribution in [2.45, 2.75) is 13.0 Å². The van der Waals surface area contributed by atoms with Crippen LogP contribution in [0.1, 0.15) is 22.8 Å². The fraction of sp³-hybridized carbons (Fsp3) is 0.143. The molecule has 0 fully saturated rings. The molecular weight excluding hydrogens is 184 g/mol. The van der Waals surface area contributed by atoms with Crippen molar-refractivity contribution in [2.24, 2.45) is 0 Å². The van der Waals surface area contributed by atoms with E-state index in [0.29, 0.717) is 0 Å². The molecule has 0 aliphatic rings. The van der Waals surface area contributed by atoms with Crippen LogP contribution in [0.15, 0.2) is 54.6 Å². The normalized spacial score (nSPS) is 12.4. The second-order valence-electron chi connectivity index (χ2n) is 3.72. The lowest BCUT2D eigenvalue weighted by molar-refractivity contribution is 0.220. The van der Waals surface area contributed by atoms with E-state index >= 15 is 0 Å². The van der Waals surface area contributed by atoms with E-state index in [0.717, 1.165) is 11.1 Å². The second kappa shape index (κ2) is 4.28. The molecule has 0 amide bonds. The van der Waals surface area contributed by atoms with Crippen molar-refractivity contribution in [1.82, 2.24) is 0 Å². The summed E-state index contributed by atoms with van der Waals surface area (Å²) in [6, 6.07) is 17.7. The lowest BCUT2D eigenvalue weighted by Gasteiger charge is -2.11. The lowest BCUT2D eigenvalue weighted by atomic mass is 10.0. The molecule has 1 nitrogen and oxygen atoms in total. The van der Waals surface area contributed by atoms with Gasteiger partial charge in [-0.25, -0.2) is 0 Å².